The minimum Gasteiger partial charge on any atom is -0.423 e. The fraction of sp³-hybridized carbons (Fsp3) is 0. The zero-order valence-corrected chi connectivity index (χ0v) is 11.3. The van der Waals surface area contributed by atoms with Crippen molar-refractivity contribution in [3.05, 3.63) is 77.3 Å². The van der Waals surface area contributed by atoms with Crippen LogP contribution in [0.1, 0.15) is 10.4 Å². The Morgan fingerprint density at radius 2 is 1.45 bits per heavy atom. The molecule has 0 aliphatic rings. The maximum absolute atomic E-state index is 12.3. The lowest BCUT2D eigenvalue weighted by Crippen LogP contribution is -2.09. The summed E-state index contributed by atoms with van der Waals surface area (Å²) >= 11 is 6.14. The van der Waals surface area contributed by atoms with Crippen LogP contribution < -0.4 is 4.74 Å². The van der Waals surface area contributed by atoms with Crippen LogP contribution in [-0.2, 0) is 0 Å². The molecule has 2 nitrogen and oxygen atoms in total. The van der Waals surface area contributed by atoms with Crippen LogP contribution in [0.2, 0.25) is 5.02 Å². The Bertz CT molecular complexity index is 766. The van der Waals surface area contributed by atoms with Crippen LogP contribution >= 0.6 is 11.6 Å². The molecule has 0 fully saturated rings. The number of rotatable bonds is 2. The minimum absolute atomic E-state index is 0.385. The van der Waals surface area contributed by atoms with Crippen LogP contribution in [0, 0.1) is 0 Å². The molecule has 0 spiro atoms. The van der Waals surface area contributed by atoms with Crippen molar-refractivity contribution in [1.82, 2.24) is 0 Å². The molecule has 3 aromatic carbocycles. The van der Waals surface area contributed by atoms with Gasteiger partial charge in [0.1, 0.15) is 5.75 Å². The SMILES string of the molecule is O=C(Oc1ccccc1)c1ccc(Cl)c2ccccc12. The maximum atomic E-state index is 12.3. The summed E-state index contributed by atoms with van der Waals surface area (Å²) in [6.07, 6.45) is 0. The number of hydrogen-bond acceptors (Lipinski definition) is 2. The van der Waals surface area contributed by atoms with Crippen LogP contribution in [-0.4, -0.2) is 5.97 Å². The van der Waals surface area contributed by atoms with Crippen molar-refractivity contribution in [2.75, 3.05) is 0 Å². The van der Waals surface area contributed by atoms with Crippen LogP contribution in [0.15, 0.2) is 66.7 Å². The van der Waals surface area contributed by atoms with Gasteiger partial charge >= 0.3 is 5.97 Å². The zero-order valence-electron chi connectivity index (χ0n) is 10.5. The molecule has 0 aliphatic heterocycles. The number of fused-ring (bicyclic) bond motifs is 1. The van der Waals surface area contributed by atoms with Crippen LogP contribution in [0.4, 0.5) is 0 Å². The van der Waals surface area contributed by atoms with Gasteiger partial charge in [0.2, 0.25) is 0 Å². The first-order valence-electron chi connectivity index (χ1n) is 6.20. The van der Waals surface area contributed by atoms with Crippen molar-refractivity contribution in [3.63, 3.8) is 0 Å². The lowest BCUT2D eigenvalue weighted by Gasteiger charge is -2.08. The average molecular weight is 283 g/mol. The lowest BCUT2D eigenvalue weighted by atomic mass is 10.0. The molecule has 0 radical (unpaired) electrons. The second-order valence-electron chi connectivity index (χ2n) is 4.34. The van der Waals surface area contributed by atoms with Crippen molar-refractivity contribution < 1.29 is 9.53 Å². The smallest absolute Gasteiger partial charge is 0.344 e. The highest BCUT2D eigenvalue weighted by atomic mass is 35.5. The molecule has 0 saturated carbocycles. The summed E-state index contributed by atoms with van der Waals surface area (Å²) in [5.41, 5.74) is 0.508. The fourth-order valence-electron chi connectivity index (χ4n) is 2.09. The van der Waals surface area contributed by atoms with E-state index in [-0.39, 0.29) is 5.97 Å². The molecule has 98 valence electrons. The quantitative estimate of drug-likeness (QED) is 0.502. The average Bonchev–Trinajstić information content (AvgIpc) is 2.49. The van der Waals surface area contributed by atoms with E-state index < -0.39 is 0 Å². The molecule has 0 heterocycles. The number of carbonyl (C=O) groups excluding carboxylic acids is 1. The van der Waals surface area contributed by atoms with Crippen molar-refractivity contribution in [2.45, 2.75) is 0 Å². The van der Waals surface area contributed by atoms with E-state index in [0.29, 0.717) is 16.3 Å². The molecule has 0 atom stereocenters. The summed E-state index contributed by atoms with van der Waals surface area (Å²) in [5.74, 6) is 0.139. The minimum atomic E-state index is -0.385. The van der Waals surface area contributed by atoms with Gasteiger partial charge in [-0.3, -0.25) is 0 Å². The number of carbonyl (C=O) groups is 1. The summed E-state index contributed by atoms with van der Waals surface area (Å²) in [6.45, 7) is 0. The third kappa shape index (κ3) is 2.38. The Balaban J connectivity index is 2.02. The fourth-order valence-corrected chi connectivity index (χ4v) is 2.32. The number of para-hydroxylation sites is 1. The molecule has 0 bridgehead atoms. The van der Waals surface area contributed by atoms with E-state index in [1.54, 1.807) is 24.3 Å². The standard InChI is InChI=1S/C17H11ClO2/c18-16-11-10-15(13-8-4-5-9-14(13)16)17(19)20-12-6-2-1-3-7-12/h1-11H. The van der Waals surface area contributed by atoms with E-state index in [1.165, 1.54) is 0 Å². The first-order chi connectivity index (χ1) is 9.75. The summed E-state index contributed by atoms with van der Waals surface area (Å²) in [4.78, 5) is 12.3. The van der Waals surface area contributed by atoms with Gasteiger partial charge in [-0.2, -0.15) is 0 Å². The van der Waals surface area contributed by atoms with E-state index >= 15 is 0 Å². The Kier molecular flexibility index (Phi) is 3.40. The highest BCUT2D eigenvalue weighted by molar-refractivity contribution is 6.36. The molecule has 3 aromatic rings. The zero-order chi connectivity index (χ0) is 13.9. The van der Waals surface area contributed by atoms with Gasteiger partial charge in [0.05, 0.1) is 5.56 Å². The van der Waals surface area contributed by atoms with E-state index in [9.17, 15) is 4.79 Å². The summed E-state index contributed by atoms with van der Waals surface area (Å²) in [6, 6.07) is 19.9. The molecule has 0 amide bonds. The Morgan fingerprint density at radius 3 is 2.20 bits per heavy atom. The molecule has 0 aliphatic carbocycles. The lowest BCUT2D eigenvalue weighted by molar-refractivity contribution is 0.0737. The Labute approximate surface area is 121 Å². The van der Waals surface area contributed by atoms with E-state index in [0.717, 1.165) is 10.8 Å². The van der Waals surface area contributed by atoms with Gasteiger partial charge < -0.3 is 4.74 Å². The summed E-state index contributed by atoms with van der Waals surface area (Å²) < 4.78 is 5.37. The Morgan fingerprint density at radius 1 is 0.800 bits per heavy atom. The second kappa shape index (κ2) is 5.35. The van der Waals surface area contributed by atoms with Crippen LogP contribution in [0.3, 0.4) is 0 Å². The van der Waals surface area contributed by atoms with Crippen molar-refractivity contribution in [2.24, 2.45) is 0 Å². The van der Waals surface area contributed by atoms with Gasteiger partial charge in [-0.1, -0.05) is 54.1 Å². The van der Waals surface area contributed by atoms with Crippen molar-refractivity contribution in [3.8, 4) is 5.75 Å². The first-order valence-corrected chi connectivity index (χ1v) is 6.58. The van der Waals surface area contributed by atoms with Gasteiger partial charge in [-0.25, -0.2) is 4.79 Å². The van der Waals surface area contributed by atoms with Gasteiger partial charge in [-0.05, 0) is 29.7 Å². The summed E-state index contributed by atoms with van der Waals surface area (Å²) in [5, 5.41) is 2.26. The predicted octanol–water partition coefficient (Wildman–Crippen LogP) is 4.71. The van der Waals surface area contributed by atoms with Gasteiger partial charge in [-0.15, -0.1) is 0 Å². The molecular weight excluding hydrogens is 272 g/mol. The predicted molar refractivity (Wildman–Crippen MR) is 80.4 cm³/mol. The third-order valence-electron chi connectivity index (χ3n) is 3.04. The second-order valence-corrected chi connectivity index (χ2v) is 4.75. The van der Waals surface area contributed by atoms with Crippen LogP contribution in [0.25, 0.3) is 10.8 Å². The number of hydrogen-bond donors (Lipinski definition) is 0. The van der Waals surface area contributed by atoms with E-state index in [1.807, 2.05) is 42.5 Å². The number of esters is 1. The monoisotopic (exact) mass is 282 g/mol. The van der Waals surface area contributed by atoms with Crippen molar-refractivity contribution >= 4 is 28.3 Å². The number of ether oxygens (including phenoxy) is 1. The molecule has 0 unspecified atom stereocenters. The van der Waals surface area contributed by atoms with Gasteiger partial charge in [0.15, 0.2) is 0 Å². The molecule has 20 heavy (non-hydrogen) atoms. The molecule has 0 aromatic heterocycles. The van der Waals surface area contributed by atoms with Gasteiger partial charge in [0.25, 0.3) is 0 Å². The highest BCUT2D eigenvalue weighted by Gasteiger charge is 2.13. The molecule has 3 heteroatoms. The van der Waals surface area contributed by atoms with Gasteiger partial charge in [0, 0.05) is 10.4 Å². The highest BCUT2D eigenvalue weighted by Crippen LogP contribution is 2.27. The third-order valence-corrected chi connectivity index (χ3v) is 3.37. The molecule has 0 saturated heterocycles. The molecule has 0 N–H and O–H groups in total. The van der Waals surface area contributed by atoms with E-state index in [4.69, 9.17) is 16.3 Å². The molecular formula is C17H11ClO2. The van der Waals surface area contributed by atoms with Crippen molar-refractivity contribution in [1.29, 1.82) is 0 Å². The summed E-state index contributed by atoms with van der Waals surface area (Å²) in [7, 11) is 0. The topological polar surface area (TPSA) is 26.3 Å². The number of halogens is 1. The molecule has 3 rings (SSSR count). The van der Waals surface area contributed by atoms with E-state index in [2.05, 4.69) is 0 Å². The maximum Gasteiger partial charge on any atom is 0.344 e. The Hall–Kier alpha value is -2.32. The first kappa shape index (κ1) is 12.7. The largest absolute Gasteiger partial charge is 0.423 e. The van der Waals surface area contributed by atoms with Crippen LogP contribution in [0.5, 0.6) is 5.75 Å². The number of benzene rings is 3. The normalized spacial score (nSPS) is 10.4.